The maximum Gasteiger partial charge on any atom is 0.300 e. The Labute approximate surface area is 221 Å². The largest absolute Gasteiger partial charge is 0.300 e. The maximum atomic E-state index is 6.12. The van der Waals surface area contributed by atoms with Gasteiger partial charge in [0.1, 0.15) is 0 Å². The minimum absolute atomic E-state index is 0.118. The summed E-state index contributed by atoms with van der Waals surface area (Å²) in [5, 5.41) is 0. The van der Waals surface area contributed by atoms with E-state index in [1.54, 1.807) is 0 Å². The highest BCUT2D eigenvalue weighted by atomic mass is 17.3. The summed E-state index contributed by atoms with van der Waals surface area (Å²) in [7, 11) is 0. The Balaban J connectivity index is 6.05. The van der Waals surface area contributed by atoms with Crippen LogP contribution in [-0.4, -0.2) is 30.2 Å². The van der Waals surface area contributed by atoms with Gasteiger partial charge in [-0.15, -0.1) is 0 Å². The molecule has 217 valence electrons. The van der Waals surface area contributed by atoms with Crippen molar-refractivity contribution in [2.45, 2.75) is 170 Å². The average Bonchev–Trinajstić information content (AvgIpc) is 2.84. The second-order valence-electron chi connectivity index (χ2n) is 9.96. The summed E-state index contributed by atoms with van der Waals surface area (Å²) >= 11 is 0. The van der Waals surface area contributed by atoms with Gasteiger partial charge < -0.3 is 0 Å². The van der Waals surface area contributed by atoms with Crippen molar-refractivity contribution in [2.75, 3.05) is 0 Å². The normalized spacial score (nSPS) is 18.1. The molecule has 0 bridgehead atoms. The van der Waals surface area contributed by atoms with Crippen LogP contribution in [0.3, 0.4) is 0 Å². The highest BCUT2D eigenvalue weighted by molar-refractivity contribution is 4.88. The maximum absolute atomic E-state index is 6.12. The summed E-state index contributed by atoms with van der Waals surface area (Å²) in [5.74, 6) is -1.87. The molecule has 1 radical (unpaired) electrons. The molecule has 0 rings (SSSR count). The molecule has 0 N–H and O–H groups in total. The van der Waals surface area contributed by atoms with E-state index < -0.39 is 11.7 Å². The Kier molecular flexibility index (Phi) is 21.4. The first-order chi connectivity index (χ1) is 17.2. The van der Waals surface area contributed by atoms with Crippen LogP contribution in [0.4, 0.5) is 0 Å². The van der Waals surface area contributed by atoms with Crippen molar-refractivity contribution in [3.63, 3.8) is 0 Å². The summed E-state index contributed by atoms with van der Waals surface area (Å²) < 4.78 is 0. The third-order valence-corrected chi connectivity index (χ3v) is 5.90. The van der Waals surface area contributed by atoms with Gasteiger partial charge in [-0.3, -0.25) is 0 Å². The fourth-order valence-corrected chi connectivity index (χ4v) is 3.93. The van der Waals surface area contributed by atoms with Crippen LogP contribution in [0.25, 0.3) is 0 Å². The summed E-state index contributed by atoms with van der Waals surface area (Å²) in [6.45, 7) is 20.3. The molecule has 0 aliphatic carbocycles. The molecule has 0 saturated carbocycles. The highest BCUT2D eigenvalue weighted by Crippen LogP contribution is 2.41. The molecule has 0 aliphatic rings. The topological polar surface area (TPSA) is 73.8 Å². The van der Waals surface area contributed by atoms with Crippen molar-refractivity contribution < 1.29 is 39.1 Å². The molecule has 0 amide bonds. The predicted octanol–water partition coefficient (Wildman–Crippen LogP) is 8.55. The lowest BCUT2D eigenvalue weighted by molar-refractivity contribution is -0.551. The van der Waals surface area contributed by atoms with Gasteiger partial charge in [0.25, 0.3) is 0 Å². The predicted molar refractivity (Wildman–Crippen MR) is 141 cm³/mol. The van der Waals surface area contributed by atoms with Crippen molar-refractivity contribution in [3.8, 4) is 0 Å². The van der Waals surface area contributed by atoms with Crippen LogP contribution in [0.1, 0.15) is 140 Å². The molecule has 5 atom stereocenters. The van der Waals surface area contributed by atoms with Gasteiger partial charge in [0.05, 0.1) is 30.3 Å². The van der Waals surface area contributed by atoms with Gasteiger partial charge in [0, 0.05) is 6.42 Å². The Hall–Kier alpha value is -0.320. The van der Waals surface area contributed by atoms with E-state index in [4.69, 9.17) is 39.1 Å². The Bertz CT molecular complexity index is 460. The molecule has 8 heteroatoms. The van der Waals surface area contributed by atoms with Crippen LogP contribution in [0.15, 0.2) is 0 Å². The van der Waals surface area contributed by atoms with Crippen molar-refractivity contribution in [1.29, 1.82) is 0 Å². The second-order valence-corrected chi connectivity index (χ2v) is 9.96. The third kappa shape index (κ3) is 14.6. The lowest BCUT2D eigenvalue weighted by Gasteiger charge is -2.39. The van der Waals surface area contributed by atoms with Crippen LogP contribution >= 0.6 is 0 Å². The van der Waals surface area contributed by atoms with Gasteiger partial charge in [-0.2, -0.15) is 19.6 Å². The van der Waals surface area contributed by atoms with Crippen LogP contribution in [0.2, 0.25) is 0 Å². The number of hydrogen-bond acceptors (Lipinski definition) is 8. The van der Waals surface area contributed by atoms with E-state index in [2.05, 4.69) is 34.6 Å². The van der Waals surface area contributed by atoms with E-state index in [0.717, 1.165) is 57.8 Å². The molecule has 5 unspecified atom stereocenters. The first kappa shape index (κ1) is 35.7. The SMILES string of the molecule is CCCC(C)OO[C](OOC(C)CCC)C(CC)C(CCC)(OOC(C)CCC)OOC(C)CCC. The molecule has 0 saturated heterocycles. The first-order valence-corrected chi connectivity index (χ1v) is 14.5. The lowest BCUT2D eigenvalue weighted by atomic mass is 9.91. The first-order valence-electron chi connectivity index (χ1n) is 14.5. The van der Waals surface area contributed by atoms with Gasteiger partial charge in [-0.05, 0) is 59.8 Å². The summed E-state index contributed by atoms with van der Waals surface area (Å²) in [6.07, 6.45) is 8.72. The minimum Gasteiger partial charge on any atom is -0.231 e. The van der Waals surface area contributed by atoms with Crippen molar-refractivity contribution in [1.82, 2.24) is 0 Å². The van der Waals surface area contributed by atoms with Crippen LogP contribution in [0, 0.1) is 12.2 Å². The monoisotopic (exact) mass is 521 g/mol. The Morgan fingerprint density at radius 3 is 1.19 bits per heavy atom. The molecule has 0 aromatic rings. The summed E-state index contributed by atoms with van der Waals surface area (Å²) in [5.41, 5.74) is 0. The average molecular weight is 522 g/mol. The third-order valence-electron chi connectivity index (χ3n) is 5.90. The van der Waals surface area contributed by atoms with E-state index in [0.29, 0.717) is 12.8 Å². The molecule has 36 heavy (non-hydrogen) atoms. The number of hydrogen-bond donors (Lipinski definition) is 0. The highest BCUT2D eigenvalue weighted by Gasteiger charge is 2.51. The van der Waals surface area contributed by atoms with Crippen molar-refractivity contribution >= 4 is 0 Å². The van der Waals surface area contributed by atoms with E-state index in [9.17, 15) is 0 Å². The minimum atomic E-state index is -1.32. The van der Waals surface area contributed by atoms with Gasteiger partial charge in [-0.1, -0.05) is 73.6 Å². The van der Waals surface area contributed by atoms with Gasteiger partial charge >= 0.3 is 6.29 Å². The van der Waals surface area contributed by atoms with Gasteiger partial charge in [0.15, 0.2) is 0 Å². The van der Waals surface area contributed by atoms with Gasteiger partial charge in [0.2, 0.25) is 5.79 Å². The fraction of sp³-hybridized carbons (Fsp3) is 0.964. The second kappa shape index (κ2) is 21.6. The zero-order valence-corrected chi connectivity index (χ0v) is 24.9. The van der Waals surface area contributed by atoms with E-state index in [1.165, 1.54) is 0 Å². The van der Waals surface area contributed by atoms with E-state index in [-0.39, 0.29) is 30.7 Å². The van der Waals surface area contributed by atoms with Crippen molar-refractivity contribution in [3.05, 3.63) is 6.29 Å². The molecule has 0 aliphatic heterocycles. The molecule has 0 heterocycles. The zero-order chi connectivity index (χ0) is 27.4. The fourth-order valence-electron chi connectivity index (χ4n) is 3.93. The molecular formula is C28H57O8. The molecule has 8 nitrogen and oxygen atoms in total. The molecule has 0 fully saturated rings. The standard InChI is InChI=1S/C28H57O8/c1-11-17-22(7)29-33-27(34-30-23(8)18-12-2)26(16-6)28(21-15-5,35-31-24(9)19-13-3)36-32-25(10)20-14-4/h22-26H,11-21H2,1-10H3. The summed E-state index contributed by atoms with van der Waals surface area (Å²) in [6, 6.07) is 0. The number of rotatable bonds is 25. The van der Waals surface area contributed by atoms with Crippen LogP contribution in [0.5, 0.6) is 0 Å². The molecule has 0 aromatic heterocycles. The lowest BCUT2D eigenvalue weighted by Crippen LogP contribution is -2.48. The molecular weight excluding hydrogens is 464 g/mol. The van der Waals surface area contributed by atoms with Gasteiger partial charge in [-0.25, -0.2) is 19.6 Å². The Morgan fingerprint density at radius 1 is 0.528 bits per heavy atom. The van der Waals surface area contributed by atoms with Crippen LogP contribution in [-0.2, 0) is 39.1 Å². The van der Waals surface area contributed by atoms with E-state index in [1.807, 2.05) is 34.6 Å². The Morgan fingerprint density at radius 2 is 0.889 bits per heavy atom. The van der Waals surface area contributed by atoms with Crippen molar-refractivity contribution in [2.24, 2.45) is 5.92 Å². The molecule has 0 aromatic carbocycles. The zero-order valence-electron chi connectivity index (χ0n) is 24.9. The van der Waals surface area contributed by atoms with E-state index >= 15 is 0 Å². The quantitative estimate of drug-likeness (QED) is 0.0672. The summed E-state index contributed by atoms with van der Waals surface area (Å²) in [4.78, 5) is 46.9. The van der Waals surface area contributed by atoms with Crippen LogP contribution < -0.4 is 0 Å². The smallest absolute Gasteiger partial charge is 0.231 e. The molecule has 0 spiro atoms.